The molecule has 0 fully saturated rings. The van der Waals surface area contributed by atoms with Crippen LogP contribution >= 0.6 is 36.6 Å². The molecule has 0 amide bonds. The Hall–Kier alpha value is -0.780. The maximum Gasteiger partial charge on any atom is 0.123 e. The summed E-state index contributed by atoms with van der Waals surface area (Å²) in [6.45, 7) is 2.99. The van der Waals surface area contributed by atoms with Gasteiger partial charge in [0.15, 0.2) is 0 Å². The minimum Gasteiger partial charge on any atom is -0.308 e. The van der Waals surface area contributed by atoms with E-state index in [0.29, 0.717) is 0 Å². The Bertz CT molecular complexity index is 594. The molecule has 2 rings (SSSR count). The topological polar surface area (TPSA) is 6.48 Å². The van der Waals surface area contributed by atoms with E-state index in [4.69, 9.17) is 0 Å². The molecular formula is C18H25Cl2FN2S. The molecule has 24 heavy (non-hydrogen) atoms. The van der Waals surface area contributed by atoms with Crippen LogP contribution in [0.1, 0.15) is 5.56 Å². The Kier molecular flexibility index (Phi) is 11.3. The number of nitrogens with zero attached hydrogens (tertiary/aromatic N) is 2. The molecule has 0 aromatic heterocycles. The largest absolute Gasteiger partial charge is 0.308 e. The standard InChI is InChI=1S/C18H23FN2S.2ClH/c1-20(2)12-13-21(3)14-15-6-4-5-7-18(15)22-17-10-8-16(19)9-11-17;;/h4-11H,12-14H2,1-3H3;2*1H. The van der Waals surface area contributed by atoms with Gasteiger partial charge in [-0.1, -0.05) is 30.0 Å². The van der Waals surface area contributed by atoms with Gasteiger partial charge < -0.3 is 9.80 Å². The molecule has 2 aromatic carbocycles. The minimum absolute atomic E-state index is 0. The fourth-order valence-electron chi connectivity index (χ4n) is 2.10. The average Bonchev–Trinajstić information content (AvgIpc) is 2.49. The van der Waals surface area contributed by atoms with Crippen molar-refractivity contribution in [1.82, 2.24) is 9.80 Å². The summed E-state index contributed by atoms with van der Waals surface area (Å²) >= 11 is 1.69. The van der Waals surface area contributed by atoms with Crippen LogP contribution in [0.4, 0.5) is 4.39 Å². The molecule has 6 heteroatoms. The molecule has 0 saturated carbocycles. The highest BCUT2D eigenvalue weighted by atomic mass is 35.5. The van der Waals surface area contributed by atoms with Gasteiger partial charge in [-0.3, -0.25) is 0 Å². The van der Waals surface area contributed by atoms with Crippen LogP contribution in [-0.2, 0) is 6.54 Å². The van der Waals surface area contributed by atoms with Crippen molar-refractivity contribution in [2.45, 2.75) is 16.3 Å². The molecule has 0 radical (unpaired) electrons. The molecule has 2 nitrogen and oxygen atoms in total. The molecule has 0 aliphatic rings. The first-order valence-corrected chi connectivity index (χ1v) is 8.21. The average molecular weight is 391 g/mol. The molecule has 0 saturated heterocycles. The highest BCUT2D eigenvalue weighted by Crippen LogP contribution is 2.31. The summed E-state index contributed by atoms with van der Waals surface area (Å²) in [5, 5.41) is 0. The van der Waals surface area contributed by atoms with Crippen LogP contribution in [0.5, 0.6) is 0 Å². The molecule has 0 heterocycles. The van der Waals surface area contributed by atoms with E-state index in [-0.39, 0.29) is 30.6 Å². The van der Waals surface area contributed by atoms with Gasteiger partial charge in [-0.2, -0.15) is 0 Å². The Balaban J connectivity index is 0.00000264. The third kappa shape index (κ3) is 7.86. The SMILES string of the molecule is CN(C)CCN(C)Cc1ccccc1Sc1ccc(F)cc1.Cl.Cl. The summed E-state index contributed by atoms with van der Waals surface area (Å²) in [6, 6.07) is 15.1. The van der Waals surface area contributed by atoms with Gasteiger partial charge in [-0.15, -0.1) is 24.8 Å². The monoisotopic (exact) mass is 390 g/mol. The summed E-state index contributed by atoms with van der Waals surface area (Å²) in [6.07, 6.45) is 0. The van der Waals surface area contributed by atoms with Gasteiger partial charge in [0.25, 0.3) is 0 Å². The molecule has 0 aliphatic heterocycles. The van der Waals surface area contributed by atoms with Crippen LogP contribution in [0.15, 0.2) is 58.3 Å². The lowest BCUT2D eigenvalue weighted by molar-refractivity contribution is 0.275. The van der Waals surface area contributed by atoms with E-state index in [0.717, 1.165) is 24.5 Å². The second-order valence-corrected chi connectivity index (χ2v) is 6.82. The molecule has 0 atom stereocenters. The zero-order chi connectivity index (χ0) is 15.9. The van der Waals surface area contributed by atoms with Gasteiger partial charge in [0.05, 0.1) is 0 Å². The normalized spacial score (nSPS) is 10.4. The lowest BCUT2D eigenvalue weighted by Gasteiger charge is -2.20. The highest BCUT2D eigenvalue weighted by Gasteiger charge is 2.07. The fraction of sp³-hybridized carbons (Fsp3) is 0.333. The first-order valence-electron chi connectivity index (χ1n) is 7.39. The van der Waals surface area contributed by atoms with E-state index in [9.17, 15) is 4.39 Å². The Morgan fingerprint density at radius 1 is 0.875 bits per heavy atom. The van der Waals surface area contributed by atoms with E-state index in [1.807, 2.05) is 12.1 Å². The Labute approximate surface area is 161 Å². The molecule has 2 aromatic rings. The van der Waals surface area contributed by atoms with Gasteiger partial charge in [0.2, 0.25) is 0 Å². The summed E-state index contributed by atoms with van der Waals surface area (Å²) < 4.78 is 13.0. The highest BCUT2D eigenvalue weighted by molar-refractivity contribution is 7.99. The number of likely N-dealkylation sites (N-methyl/N-ethyl adjacent to an activating group) is 2. The van der Waals surface area contributed by atoms with Crippen LogP contribution in [0.3, 0.4) is 0 Å². The van der Waals surface area contributed by atoms with Crippen molar-refractivity contribution in [1.29, 1.82) is 0 Å². The van der Waals surface area contributed by atoms with Crippen LogP contribution in [0, 0.1) is 5.82 Å². The van der Waals surface area contributed by atoms with E-state index < -0.39 is 0 Å². The van der Waals surface area contributed by atoms with Gasteiger partial charge >= 0.3 is 0 Å². The summed E-state index contributed by atoms with van der Waals surface area (Å²) in [4.78, 5) is 6.80. The fourth-order valence-corrected chi connectivity index (χ4v) is 3.04. The quantitative estimate of drug-likeness (QED) is 0.669. The van der Waals surface area contributed by atoms with Crippen molar-refractivity contribution in [2.24, 2.45) is 0 Å². The van der Waals surface area contributed by atoms with Crippen molar-refractivity contribution in [3.8, 4) is 0 Å². The van der Waals surface area contributed by atoms with E-state index in [1.54, 1.807) is 11.8 Å². The zero-order valence-electron chi connectivity index (χ0n) is 14.2. The van der Waals surface area contributed by atoms with Crippen molar-refractivity contribution in [3.63, 3.8) is 0 Å². The van der Waals surface area contributed by atoms with Crippen LogP contribution in [0.25, 0.3) is 0 Å². The van der Waals surface area contributed by atoms with Gasteiger partial charge in [0.1, 0.15) is 5.82 Å². The maximum absolute atomic E-state index is 13.0. The number of rotatable bonds is 7. The number of hydrogen-bond donors (Lipinski definition) is 0. The van der Waals surface area contributed by atoms with Crippen molar-refractivity contribution in [2.75, 3.05) is 34.2 Å². The second kappa shape index (κ2) is 11.7. The first-order chi connectivity index (χ1) is 10.5. The van der Waals surface area contributed by atoms with E-state index in [1.165, 1.54) is 22.6 Å². The second-order valence-electron chi connectivity index (χ2n) is 5.70. The molecule has 0 aliphatic carbocycles. The molecule has 0 spiro atoms. The van der Waals surface area contributed by atoms with Gasteiger partial charge in [-0.05, 0) is 57.0 Å². The van der Waals surface area contributed by atoms with Crippen molar-refractivity contribution in [3.05, 3.63) is 59.9 Å². The predicted octanol–water partition coefficient (Wildman–Crippen LogP) is 4.81. The zero-order valence-corrected chi connectivity index (χ0v) is 16.7. The lowest BCUT2D eigenvalue weighted by Crippen LogP contribution is -2.28. The summed E-state index contributed by atoms with van der Waals surface area (Å²) in [7, 11) is 6.32. The molecule has 0 N–H and O–H groups in total. The minimum atomic E-state index is -0.193. The van der Waals surface area contributed by atoms with Crippen LogP contribution < -0.4 is 0 Å². The number of benzene rings is 2. The summed E-state index contributed by atoms with van der Waals surface area (Å²) in [5.74, 6) is -0.193. The molecule has 134 valence electrons. The van der Waals surface area contributed by atoms with E-state index >= 15 is 0 Å². The van der Waals surface area contributed by atoms with Crippen molar-refractivity contribution >= 4 is 36.6 Å². The maximum atomic E-state index is 13.0. The van der Waals surface area contributed by atoms with Crippen LogP contribution in [-0.4, -0.2) is 44.0 Å². The van der Waals surface area contributed by atoms with Gasteiger partial charge in [0, 0.05) is 29.4 Å². The predicted molar refractivity (Wildman–Crippen MR) is 106 cm³/mol. The molecule has 0 bridgehead atoms. The lowest BCUT2D eigenvalue weighted by atomic mass is 10.2. The number of hydrogen-bond acceptors (Lipinski definition) is 3. The van der Waals surface area contributed by atoms with E-state index in [2.05, 4.69) is 55.2 Å². The third-order valence-electron chi connectivity index (χ3n) is 3.38. The molecule has 0 unspecified atom stereocenters. The van der Waals surface area contributed by atoms with Gasteiger partial charge in [-0.25, -0.2) is 4.39 Å². The Morgan fingerprint density at radius 2 is 1.50 bits per heavy atom. The number of halogens is 3. The Morgan fingerprint density at radius 3 is 2.12 bits per heavy atom. The third-order valence-corrected chi connectivity index (χ3v) is 4.51. The molecular weight excluding hydrogens is 366 g/mol. The first kappa shape index (κ1) is 23.2. The summed E-state index contributed by atoms with van der Waals surface area (Å²) in [5.41, 5.74) is 1.30. The smallest absolute Gasteiger partial charge is 0.123 e. The van der Waals surface area contributed by atoms with Crippen LogP contribution in [0.2, 0.25) is 0 Å². The van der Waals surface area contributed by atoms with Crippen molar-refractivity contribution < 1.29 is 4.39 Å².